The van der Waals surface area contributed by atoms with E-state index in [1.807, 2.05) is 37.3 Å². The van der Waals surface area contributed by atoms with Crippen LogP contribution in [0.3, 0.4) is 0 Å². The lowest BCUT2D eigenvalue weighted by atomic mass is 9.89. The maximum atomic E-state index is 12.6. The number of rotatable bonds is 8. The van der Waals surface area contributed by atoms with Crippen LogP contribution in [0.4, 0.5) is 0 Å². The van der Waals surface area contributed by atoms with Gasteiger partial charge in [0, 0.05) is 0 Å². The molecular formula is C20H26ClNO5. The molecule has 0 aliphatic heterocycles. The molecule has 0 aliphatic rings. The molecule has 0 aliphatic carbocycles. The fourth-order valence-electron chi connectivity index (χ4n) is 2.69. The minimum atomic E-state index is -0.763. The number of methoxy groups -OCH3 is 3. The van der Waals surface area contributed by atoms with Crippen LogP contribution >= 0.6 is 12.4 Å². The summed E-state index contributed by atoms with van der Waals surface area (Å²) in [6.07, 6.45) is 0.618. The van der Waals surface area contributed by atoms with Gasteiger partial charge < -0.3 is 24.7 Å². The minimum absolute atomic E-state index is 0. The van der Waals surface area contributed by atoms with Gasteiger partial charge in [0.2, 0.25) is 5.75 Å². The van der Waals surface area contributed by atoms with E-state index in [-0.39, 0.29) is 30.3 Å². The fourth-order valence-corrected chi connectivity index (χ4v) is 2.69. The van der Waals surface area contributed by atoms with E-state index in [9.17, 15) is 4.79 Å². The van der Waals surface area contributed by atoms with Gasteiger partial charge in [0.25, 0.3) is 0 Å². The molecule has 1 atom stereocenters. The maximum Gasteiger partial charge on any atom is 0.342 e. The van der Waals surface area contributed by atoms with Gasteiger partial charge >= 0.3 is 5.97 Å². The van der Waals surface area contributed by atoms with E-state index in [1.54, 1.807) is 12.1 Å². The molecule has 0 bridgehead atoms. The smallest absolute Gasteiger partial charge is 0.342 e. The summed E-state index contributed by atoms with van der Waals surface area (Å²) >= 11 is 0. The zero-order chi connectivity index (χ0) is 19.2. The molecule has 27 heavy (non-hydrogen) atoms. The van der Waals surface area contributed by atoms with E-state index in [4.69, 9.17) is 24.7 Å². The van der Waals surface area contributed by atoms with E-state index in [0.29, 0.717) is 17.9 Å². The van der Waals surface area contributed by atoms with Crippen LogP contribution in [-0.2, 0) is 10.3 Å². The van der Waals surface area contributed by atoms with Crippen molar-refractivity contribution in [3.05, 3.63) is 53.6 Å². The first-order chi connectivity index (χ1) is 12.5. The topological polar surface area (TPSA) is 80.0 Å². The molecule has 0 saturated heterocycles. The molecule has 2 aromatic carbocycles. The molecule has 0 amide bonds. The number of halogens is 1. The van der Waals surface area contributed by atoms with Crippen molar-refractivity contribution in [3.63, 3.8) is 0 Å². The van der Waals surface area contributed by atoms with Crippen LogP contribution in [0, 0.1) is 0 Å². The van der Waals surface area contributed by atoms with Crippen molar-refractivity contribution >= 4 is 18.4 Å². The number of carbonyl (C=O) groups excluding carboxylic acids is 1. The third-order valence-electron chi connectivity index (χ3n) is 4.36. The predicted molar refractivity (Wildman–Crippen MR) is 106 cm³/mol. The van der Waals surface area contributed by atoms with Crippen LogP contribution in [0.15, 0.2) is 42.5 Å². The Morgan fingerprint density at radius 3 is 2.11 bits per heavy atom. The molecule has 7 heteroatoms. The highest BCUT2D eigenvalue weighted by atomic mass is 35.5. The number of nitrogens with two attached hydrogens (primary N) is 1. The van der Waals surface area contributed by atoms with Crippen LogP contribution < -0.4 is 19.9 Å². The predicted octanol–water partition coefficient (Wildman–Crippen LogP) is 3.56. The van der Waals surface area contributed by atoms with Crippen molar-refractivity contribution < 1.29 is 23.7 Å². The van der Waals surface area contributed by atoms with Gasteiger partial charge in [-0.15, -0.1) is 12.4 Å². The average molecular weight is 396 g/mol. The van der Waals surface area contributed by atoms with E-state index in [2.05, 4.69) is 0 Å². The van der Waals surface area contributed by atoms with Crippen LogP contribution in [0.25, 0.3) is 0 Å². The number of esters is 1. The van der Waals surface area contributed by atoms with Gasteiger partial charge in [0.1, 0.15) is 12.2 Å². The lowest BCUT2D eigenvalue weighted by Crippen LogP contribution is -2.41. The molecule has 2 aromatic rings. The lowest BCUT2D eigenvalue weighted by molar-refractivity contribution is 0.0393. The molecule has 0 aromatic heterocycles. The highest BCUT2D eigenvalue weighted by Crippen LogP contribution is 2.40. The summed E-state index contributed by atoms with van der Waals surface area (Å²) in [4.78, 5) is 12.6. The minimum Gasteiger partial charge on any atom is -0.493 e. The SMILES string of the molecule is CCC(N)(COC(=O)c1ccc(OC)c(OC)c1OC)c1ccccc1.Cl. The molecule has 2 rings (SSSR count). The first-order valence-electron chi connectivity index (χ1n) is 8.31. The fraction of sp³-hybridized carbons (Fsp3) is 0.350. The average Bonchev–Trinajstić information content (AvgIpc) is 2.70. The highest BCUT2D eigenvalue weighted by Gasteiger charge is 2.29. The monoisotopic (exact) mass is 395 g/mol. The zero-order valence-electron chi connectivity index (χ0n) is 16.0. The standard InChI is InChI=1S/C20H25NO5.ClH/c1-5-20(21,14-9-7-6-8-10-14)13-26-19(22)15-11-12-16(23-2)18(25-4)17(15)24-3;/h6-12H,5,13,21H2,1-4H3;1H. The van der Waals surface area contributed by atoms with E-state index in [0.717, 1.165) is 5.56 Å². The van der Waals surface area contributed by atoms with Crippen LogP contribution in [-0.4, -0.2) is 33.9 Å². The second kappa shape index (κ2) is 10.0. The van der Waals surface area contributed by atoms with Gasteiger partial charge in [-0.05, 0) is 24.1 Å². The Hall–Kier alpha value is -2.44. The van der Waals surface area contributed by atoms with Crippen LogP contribution in [0.1, 0.15) is 29.3 Å². The van der Waals surface area contributed by atoms with Gasteiger partial charge in [-0.25, -0.2) is 4.79 Å². The van der Waals surface area contributed by atoms with Crippen molar-refractivity contribution in [2.45, 2.75) is 18.9 Å². The molecule has 148 valence electrons. The molecule has 0 fully saturated rings. The van der Waals surface area contributed by atoms with Gasteiger partial charge in [-0.3, -0.25) is 0 Å². The zero-order valence-corrected chi connectivity index (χ0v) is 16.8. The molecule has 0 spiro atoms. The first-order valence-corrected chi connectivity index (χ1v) is 8.31. The number of hydrogen-bond donors (Lipinski definition) is 1. The number of benzene rings is 2. The summed E-state index contributed by atoms with van der Waals surface area (Å²) in [6, 6.07) is 12.8. The van der Waals surface area contributed by atoms with E-state index < -0.39 is 11.5 Å². The lowest BCUT2D eigenvalue weighted by Gasteiger charge is -2.28. The van der Waals surface area contributed by atoms with E-state index >= 15 is 0 Å². The molecule has 0 saturated carbocycles. The normalized spacial score (nSPS) is 12.3. The van der Waals surface area contributed by atoms with Gasteiger partial charge in [-0.2, -0.15) is 0 Å². The maximum absolute atomic E-state index is 12.6. The second-order valence-electron chi connectivity index (χ2n) is 5.83. The van der Waals surface area contributed by atoms with Crippen molar-refractivity contribution in [2.24, 2.45) is 5.73 Å². The summed E-state index contributed by atoms with van der Waals surface area (Å²) < 4.78 is 21.4. The third-order valence-corrected chi connectivity index (χ3v) is 4.36. The summed E-state index contributed by atoms with van der Waals surface area (Å²) in [7, 11) is 4.45. The highest BCUT2D eigenvalue weighted by molar-refractivity contribution is 5.94. The summed E-state index contributed by atoms with van der Waals surface area (Å²) in [5.74, 6) is 0.520. The van der Waals surface area contributed by atoms with Crippen molar-refractivity contribution in [1.82, 2.24) is 0 Å². The van der Waals surface area contributed by atoms with E-state index in [1.165, 1.54) is 21.3 Å². The number of carbonyl (C=O) groups is 1. The van der Waals surface area contributed by atoms with Gasteiger partial charge in [-0.1, -0.05) is 37.3 Å². The Bertz CT molecular complexity index is 754. The Morgan fingerprint density at radius 1 is 0.963 bits per heavy atom. The Kier molecular flexibility index (Phi) is 8.40. The molecule has 0 heterocycles. The Balaban J connectivity index is 0.00000364. The molecule has 2 N–H and O–H groups in total. The number of ether oxygens (including phenoxy) is 4. The first kappa shape index (κ1) is 22.6. The number of hydrogen-bond acceptors (Lipinski definition) is 6. The summed E-state index contributed by atoms with van der Waals surface area (Å²) in [6.45, 7) is 2.00. The van der Waals surface area contributed by atoms with Crippen LogP contribution in [0.5, 0.6) is 17.2 Å². The molecular weight excluding hydrogens is 370 g/mol. The van der Waals surface area contributed by atoms with Crippen LogP contribution in [0.2, 0.25) is 0 Å². The Morgan fingerprint density at radius 2 is 1.59 bits per heavy atom. The Labute approximate surface area is 166 Å². The van der Waals surface area contributed by atoms with Crippen molar-refractivity contribution in [2.75, 3.05) is 27.9 Å². The van der Waals surface area contributed by atoms with Gasteiger partial charge in [0.05, 0.1) is 26.9 Å². The summed E-state index contributed by atoms with van der Waals surface area (Å²) in [5.41, 5.74) is 6.86. The largest absolute Gasteiger partial charge is 0.493 e. The van der Waals surface area contributed by atoms with Crippen molar-refractivity contribution in [1.29, 1.82) is 0 Å². The van der Waals surface area contributed by atoms with Gasteiger partial charge in [0.15, 0.2) is 11.5 Å². The molecule has 0 radical (unpaired) electrons. The second-order valence-corrected chi connectivity index (χ2v) is 5.83. The molecule has 1 unspecified atom stereocenters. The third kappa shape index (κ3) is 4.84. The summed E-state index contributed by atoms with van der Waals surface area (Å²) in [5, 5.41) is 0. The molecule has 6 nitrogen and oxygen atoms in total. The quantitative estimate of drug-likeness (QED) is 0.688. The van der Waals surface area contributed by atoms with Crippen molar-refractivity contribution in [3.8, 4) is 17.2 Å².